The highest BCUT2D eigenvalue weighted by molar-refractivity contribution is 7.12. The molecular weight excluding hydrogens is 338 g/mol. The van der Waals surface area contributed by atoms with Gasteiger partial charge in [-0.1, -0.05) is 6.07 Å². The Bertz CT molecular complexity index is 707. The third-order valence-electron chi connectivity index (χ3n) is 4.84. The van der Waals surface area contributed by atoms with E-state index in [9.17, 15) is 4.79 Å². The van der Waals surface area contributed by atoms with Gasteiger partial charge in [0.2, 0.25) is 0 Å². The predicted octanol–water partition coefficient (Wildman–Crippen LogP) is 2.42. The summed E-state index contributed by atoms with van der Waals surface area (Å²) in [6.45, 7) is 3.77. The first-order valence-corrected chi connectivity index (χ1v) is 9.75. The van der Waals surface area contributed by atoms with Crippen LogP contribution in [0.5, 0.6) is 0 Å². The van der Waals surface area contributed by atoms with Gasteiger partial charge >= 0.3 is 0 Å². The van der Waals surface area contributed by atoms with E-state index in [2.05, 4.69) is 16.2 Å². The van der Waals surface area contributed by atoms with Crippen LogP contribution in [0.3, 0.4) is 0 Å². The van der Waals surface area contributed by atoms with Gasteiger partial charge in [0.1, 0.15) is 6.10 Å². The van der Waals surface area contributed by atoms with Crippen LogP contribution in [-0.2, 0) is 22.4 Å². The van der Waals surface area contributed by atoms with Crippen molar-refractivity contribution in [1.82, 2.24) is 15.1 Å². The first kappa shape index (κ1) is 16.8. The molecule has 4 rings (SSSR count). The lowest BCUT2D eigenvalue weighted by Crippen LogP contribution is -2.31. The number of nitrogens with zero attached hydrogens (tertiary/aromatic N) is 2. The quantitative estimate of drug-likeness (QED) is 0.888. The molecule has 6 nitrogen and oxygen atoms in total. The van der Waals surface area contributed by atoms with Crippen LogP contribution in [0.15, 0.2) is 23.7 Å². The molecule has 0 aromatic carbocycles. The summed E-state index contributed by atoms with van der Waals surface area (Å²) in [5, 5.41) is 9.64. The van der Waals surface area contributed by atoms with Crippen LogP contribution in [-0.4, -0.2) is 42.1 Å². The molecule has 0 spiro atoms. The SMILES string of the molecule is O=C(NCC1OCCc2cn(CC3CCOCC3)nc21)c1cccs1. The summed E-state index contributed by atoms with van der Waals surface area (Å²) in [6.07, 6.45) is 5.08. The van der Waals surface area contributed by atoms with Gasteiger partial charge < -0.3 is 14.8 Å². The highest BCUT2D eigenvalue weighted by Gasteiger charge is 2.26. The molecule has 2 aromatic rings. The number of rotatable bonds is 5. The van der Waals surface area contributed by atoms with Crippen LogP contribution in [0.2, 0.25) is 0 Å². The number of nitrogens with one attached hydrogen (secondary N) is 1. The van der Waals surface area contributed by atoms with Crippen molar-refractivity contribution in [2.24, 2.45) is 5.92 Å². The molecule has 1 saturated heterocycles. The lowest BCUT2D eigenvalue weighted by Gasteiger charge is -2.22. The van der Waals surface area contributed by atoms with Crippen molar-refractivity contribution in [2.45, 2.75) is 31.9 Å². The Balaban J connectivity index is 1.39. The van der Waals surface area contributed by atoms with Gasteiger partial charge in [-0.15, -0.1) is 11.3 Å². The standard InChI is InChI=1S/C18H23N3O3S/c22-18(16-2-1-9-25-16)19-10-15-17-14(5-8-24-15)12-21(20-17)11-13-3-6-23-7-4-13/h1-2,9,12-13,15H,3-8,10-11H2,(H,19,22). The molecule has 2 aliphatic rings. The van der Waals surface area contributed by atoms with Crippen molar-refractivity contribution >= 4 is 17.2 Å². The molecule has 1 N–H and O–H groups in total. The molecule has 0 saturated carbocycles. The fraction of sp³-hybridized carbons (Fsp3) is 0.556. The monoisotopic (exact) mass is 361 g/mol. The largest absolute Gasteiger partial charge is 0.381 e. The lowest BCUT2D eigenvalue weighted by atomic mass is 10.0. The van der Waals surface area contributed by atoms with Gasteiger partial charge in [0, 0.05) is 32.5 Å². The van der Waals surface area contributed by atoms with E-state index < -0.39 is 0 Å². The fourth-order valence-corrected chi connectivity index (χ4v) is 4.09. The zero-order chi connectivity index (χ0) is 17.1. The Morgan fingerprint density at radius 1 is 1.36 bits per heavy atom. The van der Waals surface area contributed by atoms with E-state index >= 15 is 0 Å². The van der Waals surface area contributed by atoms with E-state index in [1.807, 2.05) is 17.5 Å². The van der Waals surface area contributed by atoms with Crippen molar-refractivity contribution in [3.63, 3.8) is 0 Å². The number of hydrogen-bond acceptors (Lipinski definition) is 5. The molecular formula is C18H23N3O3S. The number of ether oxygens (including phenoxy) is 2. The minimum absolute atomic E-state index is 0.0487. The van der Waals surface area contributed by atoms with E-state index in [0.717, 1.165) is 49.6 Å². The molecule has 134 valence electrons. The highest BCUT2D eigenvalue weighted by atomic mass is 32.1. The second-order valence-corrected chi connectivity index (χ2v) is 7.56. The third-order valence-corrected chi connectivity index (χ3v) is 5.71. The summed E-state index contributed by atoms with van der Waals surface area (Å²) in [5.74, 6) is 0.584. The molecule has 0 bridgehead atoms. The summed E-state index contributed by atoms with van der Waals surface area (Å²) in [5.41, 5.74) is 2.22. The predicted molar refractivity (Wildman–Crippen MR) is 94.8 cm³/mol. The highest BCUT2D eigenvalue weighted by Crippen LogP contribution is 2.26. The van der Waals surface area contributed by atoms with Crippen LogP contribution < -0.4 is 5.32 Å². The van der Waals surface area contributed by atoms with Gasteiger partial charge in [0.25, 0.3) is 5.91 Å². The van der Waals surface area contributed by atoms with Crippen LogP contribution in [0.4, 0.5) is 0 Å². The summed E-state index contributed by atoms with van der Waals surface area (Å²) in [6, 6.07) is 3.71. The smallest absolute Gasteiger partial charge is 0.261 e. The topological polar surface area (TPSA) is 65.4 Å². The second kappa shape index (κ2) is 7.68. The fourth-order valence-electron chi connectivity index (χ4n) is 3.45. The Morgan fingerprint density at radius 2 is 2.24 bits per heavy atom. The zero-order valence-corrected chi connectivity index (χ0v) is 15.0. The van der Waals surface area contributed by atoms with E-state index in [1.165, 1.54) is 16.9 Å². The maximum Gasteiger partial charge on any atom is 0.261 e. The maximum absolute atomic E-state index is 12.1. The molecule has 1 unspecified atom stereocenters. The Kier molecular flexibility index (Phi) is 5.14. The van der Waals surface area contributed by atoms with Gasteiger partial charge in [0.15, 0.2) is 0 Å². The Morgan fingerprint density at radius 3 is 3.04 bits per heavy atom. The number of aromatic nitrogens is 2. The van der Waals surface area contributed by atoms with Crippen LogP contribution in [0, 0.1) is 5.92 Å². The lowest BCUT2D eigenvalue weighted by molar-refractivity contribution is 0.0380. The zero-order valence-electron chi connectivity index (χ0n) is 14.1. The van der Waals surface area contributed by atoms with Crippen molar-refractivity contribution < 1.29 is 14.3 Å². The molecule has 4 heterocycles. The molecule has 25 heavy (non-hydrogen) atoms. The molecule has 0 aliphatic carbocycles. The number of carbonyl (C=O) groups is 1. The normalized spacial score (nSPS) is 21.0. The van der Waals surface area contributed by atoms with Crippen molar-refractivity contribution in [3.05, 3.63) is 39.8 Å². The van der Waals surface area contributed by atoms with E-state index in [4.69, 9.17) is 14.6 Å². The van der Waals surface area contributed by atoms with Gasteiger partial charge in [-0.05, 0) is 42.2 Å². The summed E-state index contributed by atoms with van der Waals surface area (Å²) in [4.78, 5) is 12.9. The van der Waals surface area contributed by atoms with Crippen LogP contribution >= 0.6 is 11.3 Å². The number of fused-ring (bicyclic) bond motifs is 1. The summed E-state index contributed by atoms with van der Waals surface area (Å²) >= 11 is 1.44. The first-order valence-electron chi connectivity index (χ1n) is 8.87. The van der Waals surface area contributed by atoms with Crippen LogP contribution in [0.1, 0.15) is 39.9 Å². The summed E-state index contributed by atoms with van der Waals surface area (Å²) in [7, 11) is 0. The average molecular weight is 361 g/mol. The van der Waals surface area contributed by atoms with Crippen molar-refractivity contribution in [3.8, 4) is 0 Å². The molecule has 1 fully saturated rings. The van der Waals surface area contributed by atoms with Crippen molar-refractivity contribution in [1.29, 1.82) is 0 Å². The minimum atomic E-state index is -0.163. The van der Waals surface area contributed by atoms with E-state index in [0.29, 0.717) is 19.1 Å². The summed E-state index contributed by atoms with van der Waals surface area (Å²) < 4.78 is 13.4. The number of hydrogen-bond donors (Lipinski definition) is 1. The Hall–Kier alpha value is -1.70. The number of thiophene rings is 1. The van der Waals surface area contributed by atoms with Gasteiger partial charge in [0.05, 0.1) is 17.2 Å². The molecule has 1 amide bonds. The molecule has 1 atom stereocenters. The molecule has 2 aromatic heterocycles. The minimum Gasteiger partial charge on any atom is -0.381 e. The number of amides is 1. The van der Waals surface area contributed by atoms with Gasteiger partial charge in [-0.2, -0.15) is 5.10 Å². The molecule has 7 heteroatoms. The third kappa shape index (κ3) is 3.94. The second-order valence-electron chi connectivity index (χ2n) is 6.61. The molecule has 2 aliphatic heterocycles. The van der Waals surface area contributed by atoms with Crippen LogP contribution in [0.25, 0.3) is 0 Å². The van der Waals surface area contributed by atoms with Gasteiger partial charge in [-0.25, -0.2) is 0 Å². The first-order chi connectivity index (χ1) is 12.3. The Labute approximate surface area is 151 Å². The van der Waals surface area contributed by atoms with E-state index in [-0.39, 0.29) is 12.0 Å². The van der Waals surface area contributed by atoms with Gasteiger partial charge in [-0.3, -0.25) is 9.48 Å². The number of carbonyl (C=O) groups excluding carboxylic acids is 1. The van der Waals surface area contributed by atoms with Crippen molar-refractivity contribution in [2.75, 3.05) is 26.4 Å². The van der Waals surface area contributed by atoms with E-state index in [1.54, 1.807) is 0 Å². The average Bonchev–Trinajstić information content (AvgIpc) is 3.30. The molecule has 0 radical (unpaired) electrons. The maximum atomic E-state index is 12.1.